The van der Waals surface area contributed by atoms with Crippen LogP contribution in [-0.2, 0) is 14.4 Å². The van der Waals surface area contributed by atoms with E-state index in [9.17, 15) is 18.8 Å². The Kier molecular flexibility index (Phi) is 4.94. The van der Waals surface area contributed by atoms with Crippen molar-refractivity contribution >= 4 is 40.4 Å². The summed E-state index contributed by atoms with van der Waals surface area (Å²) in [5.74, 6) is -1.72. The van der Waals surface area contributed by atoms with E-state index in [1.54, 1.807) is 0 Å². The number of anilines is 2. The van der Waals surface area contributed by atoms with Crippen molar-refractivity contribution in [2.45, 2.75) is 6.42 Å². The topological polar surface area (TPSA) is 107 Å². The lowest BCUT2D eigenvalue weighted by atomic mass is 10.1. The standard InChI is InChI=1S/C20H18FN5O3/c21-13-5-7-14(8-6-13)26-11-12(9-18(26)28)19(29)22-10-17(27)25-20-23-15-3-1-2-4-16(15)24-20/h1-8,12H,9-11H2,(H,22,29)(H2,23,24,25,27). The number of imidazole rings is 1. The molecule has 2 heterocycles. The van der Waals surface area contributed by atoms with Gasteiger partial charge in [0, 0.05) is 18.7 Å². The number of aromatic nitrogens is 2. The SMILES string of the molecule is O=C(CNC(=O)C1CC(=O)N(c2ccc(F)cc2)C1)Nc1nc2ccccc2[nH]1. The summed E-state index contributed by atoms with van der Waals surface area (Å²) >= 11 is 0. The number of hydrogen-bond donors (Lipinski definition) is 3. The van der Waals surface area contributed by atoms with E-state index in [-0.39, 0.29) is 31.3 Å². The number of aromatic amines is 1. The minimum Gasteiger partial charge on any atom is -0.347 e. The minimum atomic E-state index is -0.577. The van der Waals surface area contributed by atoms with Crippen LogP contribution in [0.15, 0.2) is 48.5 Å². The summed E-state index contributed by atoms with van der Waals surface area (Å²) in [6.07, 6.45) is 0.0361. The first-order valence-corrected chi connectivity index (χ1v) is 9.08. The van der Waals surface area contributed by atoms with Gasteiger partial charge < -0.3 is 15.2 Å². The summed E-state index contributed by atoms with van der Waals surface area (Å²) in [6.45, 7) is -0.0569. The molecule has 1 aliphatic rings. The number of nitrogens with zero attached hydrogens (tertiary/aromatic N) is 2. The van der Waals surface area contributed by atoms with Gasteiger partial charge in [0.1, 0.15) is 5.82 Å². The average molecular weight is 395 g/mol. The Morgan fingerprint density at radius 3 is 2.69 bits per heavy atom. The second kappa shape index (κ2) is 7.70. The number of para-hydroxylation sites is 2. The van der Waals surface area contributed by atoms with Gasteiger partial charge in [-0.25, -0.2) is 9.37 Å². The van der Waals surface area contributed by atoms with Crippen molar-refractivity contribution in [2.75, 3.05) is 23.3 Å². The van der Waals surface area contributed by atoms with Crippen LogP contribution in [0.2, 0.25) is 0 Å². The van der Waals surface area contributed by atoms with Crippen LogP contribution in [0.25, 0.3) is 11.0 Å². The van der Waals surface area contributed by atoms with Gasteiger partial charge >= 0.3 is 0 Å². The molecule has 148 valence electrons. The molecule has 8 nitrogen and oxygen atoms in total. The van der Waals surface area contributed by atoms with Gasteiger partial charge in [-0.15, -0.1) is 0 Å². The molecular weight excluding hydrogens is 377 g/mol. The molecular formula is C20H18FN5O3. The Hall–Kier alpha value is -3.75. The molecule has 0 saturated carbocycles. The van der Waals surface area contributed by atoms with Gasteiger partial charge in [-0.2, -0.15) is 0 Å². The number of benzene rings is 2. The van der Waals surface area contributed by atoms with Crippen molar-refractivity contribution in [1.29, 1.82) is 0 Å². The maximum absolute atomic E-state index is 13.1. The number of hydrogen-bond acceptors (Lipinski definition) is 4. The normalized spacial score (nSPS) is 16.2. The van der Waals surface area contributed by atoms with Crippen molar-refractivity contribution in [3.8, 4) is 0 Å². The highest BCUT2D eigenvalue weighted by molar-refractivity contribution is 6.01. The number of carbonyl (C=O) groups is 3. The van der Waals surface area contributed by atoms with Crippen molar-refractivity contribution < 1.29 is 18.8 Å². The van der Waals surface area contributed by atoms with Crippen LogP contribution < -0.4 is 15.5 Å². The highest BCUT2D eigenvalue weighted by Gasteiger charge is 2.35. The molecule has 0 radical (unpaired) electrons. The van der Waals surface area contributed by atoms with E-state index < -0.39 is 17.6 Å². The van der Waals surface area contributed by atoms with E-state index in [2.05, 4.69) is 20.6 Å². The largest absolute Gasteiger partial charge is 0.347 e. The van der Waals surface area contributed by atoms with Gasteiger partial charge in [0.15, 0.2) is 0 Å². The summed E-state index contributed by atoms with van der Waals surface area (Å²) in [4.78, 5) is 45.3. The molecule has 0 bridgehead atoms. The number of rotatable bonds is 5. The second-order valence-electron chi connectivity index (χ2n) is 6.75. The number of carbonyl (C=O) groups excluding carboxylic acids is 3. The Morgan fingerprint density at radius 2 is 1.93 bits per heavy atom. The van der Waals surface area contributed by atoms with Crippen LogP contribution in [0.4, 0.5) is 16.0 Å². The number of fused-ring (bicyclic) bond motifs is 1. The summed E-state index contributed by atoms with van der Waals surface area (Å²) in [6, 6.07) is 12.9. The van der Waals surface area contributed by atoms with Crippen LogP contribution >= 0.6 is 0 Å². The molecule has 29 heavy (non-hydrogen) atoms. The van der Waals surface area contributed by atoms with Crippen LogP contribution in [0, 0.1) is 11.7 Å². The Bertz CT molecular complexity index is 1050. The van der Waals surface area contributed by atoms with Gasteiger partial charge in [0.25, 0.3) is 0 Å². The van der Waals surface area contributed by atoms with E-state index in [0.29, 0.717) is 11.6 Å². The van der Waals surface area contributed by atoms with E-state index in [1.807, 2.05) is 24.3 Å². The van der Waals surface area contributed by atoms with Gasteiger partial charge in [-0.1, -0.05) is 12.1 Å². The van der Waals surface area contributed by atoms with E-state index >= 15 is 0 Å². The third-order valence-corrected chi connectivity index (χ3v) is 4.70. The third-order valence-electron chi connectivity index (χ3n) is 4.70. The highest BCUT2D eigenvalue weighted by atomic mass is 19.1. The molecule has 1 unspecified atom stereocenters. The second-order valence-corrected chi connectivity index (χ2v) is 6.75. The molecule has 4 rings (SSSR count). The lowest BCUT2D eigenvalue weighted by Crippen LogP contribution is -2.38. The number of nitrogens with one attached hydrogen (secondary N) is 3. The highest BCUT2D eigenvalue weighted by Crippen LogP contribution is 2.25. The van der Waals surface area contributed by atoms with Crippen molar-refractivity contribution in [3.05, 3.63) is 54.3 Å². The molecule has 1 aromatic heterocycles. The van der Waals surface area contributed by atoms with Crippen LogP contribution in [0.3, 0.4) is 0 Å². The molecule has 2 aromatic carbocycles. The molecule has 3 aromatic rings. The van der Waals surface area contributed by atoms with Gasteiger partial charge in [-0.3, -0.25) is 19.7 Å². The van der Waals surface area contributed by atoms with Crippen molar-refractivity contribution in [3.63, 3.8) is 0 Å². The molecule has 1 aliphatic heterocycles. The summed E-state index contributed by atoms with van der Waals surface area (Å²) < 4.78 is 13.1. The molecule has 9 heteroatoms. The summed E-state index contributed by atoms with van der Waals surface area (Å²) in [5.41, 5.74) is 2.05. The number of halogens is 1. The Morgan fingerprint density at radius 1 is 1.17 bits per heavy atom. The zero-order valence-electron chi connectivity index (χ0n) is 15.3. The maximum Gasteiger partial charge on any atom is 0.246 e. The zero-order chi connectivity index (χ0) is 20.4. The van der Waals surface area contributed by atoms with Crippen molar-refractivity contribution in [1.82, 2.24) is 15.3 Å². The Labute approximate surface area is 165 Å². The van der Waals surface area contributed by atoms with Gasteiger partial charge in [0.2, 0.25) is 23.7 Å². The molecule has 3 N–H and O–H groups in total. The molecule has 3 amide bonds. The monoisotopic (exact) mass is 395 g/mol. The number of H-pyrrole nitrogens is 1. The third kappa shape index (κ3) is 4.08. The van der Waals surface area contributed by atoms with Gasteiger partial charge in [0.05, 0.1) is 23.5 Å². The predicted octanol–water partition coefficient (Wildman–Crippen LogP) is 1.81. The minimum absolute atomic E-state index is 0.0361. The number of amides is 3. The quantitative estimate of drug-likeness (QED) is 0.612. The summed E-state index contributed by atoms with van der Waals surface area (Å²) in [5, 5.41) is 5.14. The molecule has 0 spiro atoms. The average Bonchev–Trinajstić information content (AvgIpc) is 3.29. The molecule has 1 saturated heterocycles. The first-order valence-electron chi connectivity index (χ1n) is 9.08. The lowest BCUT2D eigenvalue weighted by Gasteiger charge is -2.16. The first-order chi connectivity index (χ1) is 14.0. The lowest BCUT2D eigenvalue weighted by molar-refractivity contribution is -0.127. The van der Waals surface area contributed by atoms with Crippen LogP contribution in [0.1, 0.15) is 6.42 Å². The molecule has 1 atom stereocenters. The fourth-order valence-electron chi connectivity index (χ4n) is 3.25. The smallest absolute Gasteiger partial charge is 0.246 e. The molecule has 1 fully saturated rings. The first kappa shape index (κ1) is 18.6. The Balaban J connectivity index is 1.30. The van der Waals surface area contributed by atoms with Crippen LogP contribution in [0.5, 0.6) is 0 Å². The van der Waals surface area contributed by atoms with Gasteiger partial charge in [-0.05, 0) is 36.4 Å². The molecule has 0 aliphatic carbocycles. The fraction of sp³-hybridized carbons (Fsp3) is 0.200. The van der Waals surface area contributed by atoms with Crippen molar-refractivity contribution in [2.24, 2.45) is 5.92 Å². The maximum atomic E-state index is 13.1. The zero-order valence-corrected chi connectivity index (χ0v) is 15.3. The fourth-order valence-corrected chi connectivity index (χ4v) is 3.25. The van der Waals surface area contributed by atoms with E-state index in [0.717, 1.165) is 11.0 Å². The predicted molar refractivity (Wildman–Crippen MR) is 105 cm³/mol. The van der Waals surface area contributed by atoms with E-state index in [4.69, 9.17) is 0 Å². The summed E-state index contributed by atoms with van der Waals surface area (Å²) in [7, 11) is 0. The van der Waals surface area contributed by atoms with Crippen LogP contribution in [-0.4, -0.2) is 40.8 Å². The van der Waals surface area contributed by atoms with E-state index in [1.165, 1.54) is 29.2 Å².